The van der Waals surface area contributed by atoms with E-state index in [2.05, 4.69) is 4.98 Å². The van der Waals surface area contributed by atoms with Gasteiger partial charge in [0, 0.05) is 24.4 Å². The Labute approximate surface area is 166 Å². The Kier molecular flexibility index (Phi) is 4.95. The van der Waals surface area contributed by atoms with E-state index in [1.165, 1.54) is 12.1 Å². The molecule has 3 aromatic rings. The Bertz CT molecular complexity index is 1070. The number of Topliss-reactive ketones (excluding diaryl/α,β-unsaturated/α-hetero) is 1. The molecule has 0 aliphatic carbocycles. The zero-order chi connectivity index (χ0) is 20.4. The Hall–Kier alpha value is -3.74. The van der Waals surface area contributed by atoms with Gasteiger partial charge >= 0.3 is 0 Å². The molecular weight excluding hydrogens is 375 g/mol. The highest BCUT2D eigenvalue weighted by Gasteiger charge is 2.26. The van der Waals surface area contributed by atoms with Crippen LogP contribution >= 0.6 is 0 Å². The first-order chi connectivity index (χ1) is 14.0. The minimum Gasteiger partial charge on any atom is -0.489 e. The summed E-state index contributed by atoms with van der Waals surface area (Å²) in [4.78, 5) is 27.3. The molecule has 2 N–H and O–H groups in total. The molecule has 4 rings (SSSR count). The summed E-state index contributed by atoms with van der Waals surface area (Å²) in [6, 6.07) is 13.0. The van der Waals surface area contributed by atoms with Gasteiger partial charge in [-0.25, -0.2) is 0 Å². The summed E-state index contributed by atoms with van der Waals surface area (Å²) >= 11 is 0. The molecule has 2 heterocycles. The molecule has 0 unspecified atom stereocenters. The van der Waals surface area contributed by atoms with Crippen molar-refractivity contribution in [3.05, 3.63) is 89.0 Å². The van der Waals surface area contributed by atoms with Gasteiger partial charge in [-0.05, 0) is 47.5 Å². The van der Waals surface area contributed by atoms with E-state index in [4.69, 9.17) is 15.2 Å². The van der Waals surface area contributed by atoms with Gasteiger partial charge in [-0.3, -0.25) is 14.6 Å². The van der Waals surface area contributed by atoms with Gasteiger partial charge in [-0.2, -0.15) is 4.39 Å². The number of fused-ring (bicyclic) bond motifs is 1. The van der Waals surface area contributed by atoms with E-state index in [0.717, 1.165) is 5.56 Å². The molecule has 1 amide bonds. The second-order valence-electron chi connectivity index (χ2n) is 6.54. The van der Waals surface area contributed by atoms with Crippen molar-refractivity contribution in [1.82, 2.24) is 4.98 Å². The molecule has 7 heteroatoms. The van der Waals surface area contributed by atoms with E-state index in [1.807, 2.05) is 0 Å². The molecular formula is C22H17FN2O4. The zero-order valence-corrected chi connectivity index (χ0v) is 15.3. The molecule has 0 saturated heterocycles. The monoisotopic (exact) mass is 392 g/mol. The van der Waals surface area contributed by atoms with Crippen LogP contribution in [0.2, 0.25) is 0 Å². The molecule has 1 aliphatic heterocycles. The maximum atomic E-state index is 15.0. The van der Waals surface area contributed by atoms with Gasteiger partial charge in [0.05, 0.1) is 12.2 Å². The van der Waals surface area contributed by atoms with Gasteiger partial charge in [0.15, 0.2) is 17.3 Å². The Balaban J connectivity index is 1.73. The molecule has 2 aromatic carbocycles. The molecule has 0 radical (unpaired) electrons. The highest BCUT2D eigenvalue weighted by atomic mass is 19.1. The molecule has 146 valence electrons. The number of nitrogens with zero attached hydrogens (tertiary/aromatic N) is 1. The van der Waals surface area contributed by atoms with Crippen LogP contribution in [0.1, 0.15) is 44.4 Å². The van der Waals surface area contributed by atoms with Gasteiger partial charge < -0.3 is 15.2 Å². The van der Waals surface area contributed by atoms with Crippen LogP contribution in [0.15, 0.2) is 60.9 Å². The summed E-state index contributed by atoms with van der Waals surface area (Å²) in [5, 5.41) is 0. The summed E-state index contributed by atoms with van der Waals surface area (Å²) in [6.45, 7) is 0.134. The highest BCUT2D eigenvalue weighted by molar-refractivity contribution is 5.99. The van der Waals surface area contributed by atoms with Crippen molar-refractivity contribution in [3.8, 4) is 11.5 Å². The van der Waals surface area contributed by atoms with Crippen molar-refractivity contribution in [2.45, 2.75) is 12.5 Å². The Morgan fingerprint density at radius 2 is 1.76 bits per heavy atom. The van der Waals surface area contributed by atoms with E-state index in [1.54, 1.807) is 48.8 Å². The van der Waals surface area contributed by atoms with Gasteiger partial charge in [0.25, 0.3) is 0 Å². The van der Waals surface area contributed by atoms with E-state index in [0.29, 0.717) is 11.1 Å². The van der Waals surface area contributed by atoms with Crippen molar-refractivity contribution in [3.63, 3.8) is 0 Å². The average Bonchev–Trinajstić information content (AvgIpc) is 2.74. The summed E-state index contributed by atoms with van der Waals surface area (Å²) < 4.78 is 26.4. The number of hydrogen-bond donors (Lipinski definition) is 1. The molecule has 6 nitrogen and oxygen atoms in total. The van der Waals surface area contributed by atoms with Crippen LogP contribution in [0, 0.1) is 5.82 Å². The molecule has 1 aliphatic rings. The number of pyridine rings is 1. The third-order valence-electron chi connectivity index (χ3n) is 4.69. The van der Waals surface area contributed by atoms with Crippen LogP contribution in [0.3, 0.4) is 0 Å². The van der Waals surface area contributed by atoms with Crippen molar-refractivity contribution in [2.75, 3.05) is 6.61 Å². The van der Waals surface area contributed by atoms with E-state index in [-0.39, 0.29) is 35.9 Å². The smallest absolute Gasteiger partial charge is 0.248 e. The van der Waals surface area contributed by atoms with Crippen LogP contribution in [0.4, 0.5) is 4.39 Å². The third kappa shape index (κ3) is 3.67. The SMILES string of the molecule is NC(=O)c1ccc([C@H](Oc2ccc3c(c2F)OCCC3=O)c2ccncc2)cc1. The number of carbonyl (C=O) groups is 2. The van der Waals surface area contributed by atoms with Crippen molar-refractivity contribution < 1.29 is 23.5 Å². The predicted octanol–water partition coefficient (Wildman–Crippen LogP) is 3.45. The van der Waals surface area contributed by atoms with E-state index >= 15 is 4.39 Å². The number of primary amides is 1. The quantitative estimate of drug-likeness (QED) is 0.718. The number of carbonyl (C=O) groups excluding carboxylic acids is 2. The van der Waals surface area contributed by atoms with Crippen LogP contribution in [-0.2, 0) is 0 Å². The fourth-order valence-electron chi connectivity index (χ4n) is 3.19. The molecule has 0 bridgehead atoms. The summed E-state index contributed by atoms with van der Waals surface area (Å²) in [7, 11) is 0. The minimum atomic E-state index is -0.719. The lowest BCUT2D eigenvalue weighted by Crippen LogP contribution is -2.18. The van der Waals surface area contributed by atoms with Crippen molar-refractivity contribution in [1.29, 1.82) is 0 Å². The van der Waals surface area contributed by atoms with Crippen LogP contribution in [0.25, 0.3) is 0 Å². The van der Waals surface area contributed by atoms with Crippen molar-refractivity contribution >= 4 is 11.7 Å². The van der Waals surface area contributed by atoms with E-state index in [9.17, 15) is 9.59 Å². The van der Waals surface area contributed by atoms with Crippen LogP contribution in [-0.4, -0.2) is 23.3 Å². The maximum absolute atomic E-state index is 15.0. The van der Waals surface area contributed by atoms with Crippen molar-refractivity contribution in [2.24, 2.45) is 5.73 Å². The number of aromatic nitrogens is 1. The first-order valence-electron chi connectivity index (χ1n) is 8.99. The molecule has 0 fully saturated rings. The Morgan fingerprint density at radius 3 is 2.45 bits per heavy atom. The number of benzene rings is 2. The van der Waals surface area contributed by atoms with Gasteiger partial charge in [-0.15, -0.1) is 0 Å². The number of rotatable bonds is 5. The van der Waals surface area contributed by atoms with Gasteiger partial charge in [0.2, 0.25) is 11.7 Å². The number of ether oxygens (including phenoxy) is 2. The first-order valence-corrected chi connectivity index (χ1v) is 8.99. The van der Waals surface area contributed by atoms with E-state index < -0.39 is 17.8 Å². The molecule has 0 saturated carbocycles. The third-order valence-corrected chi connectivity index (χ3v) is 4.69. The minimum absolute atomic E-state index is 0.0424. The molecule has 1 atom stereocenters. The molecule has 29 heavy (non-hydrogen) atoms. The fourth-order valence-corrected chi connectivity index (χ4v) is 3.19. The number of ketones is 1. The summed E-state index contributed by atoms with van der Waals surface area (Å²) in [5.74, 6) is -1.55. The van der Waals surface area contributed by atoms with Crippen LogP contribution < -0.4 is 15.2 Å². The lowest BCUT2D eigenvalue weighted by atomic mass is 10.0. The lowest BCUT2D eigenvalue weighted by Gasteiger charge is -2.23. The fraction of sp³-hybridized carbons (Fsp3) is 0.136. The standard InChI is InChI=1S/C22H17FN2O4/c23-19-18(6-5-16-17(26)9-12-28-21(16)19)29-20(14-7-10-25-11-8-14)13-1-3-15(4-2-13)22(24)27/h1-8,10-11,20H,9,12H2,(H2,24,27)/t20-/m0/s1. The predicted molar refractivity (Wildman–Crippen MR) is 103 cm³/mol. The van der Waals surface area contributed by atoms with Crippen LogP contribution in [0.5, 0.6) is 11.5 Å². The molecule has 1 aromatic heterocycles. The second-order valence-corrected chi connectivity index (χ2v) is 6.54. The van der Waals surface area contributed by atoms with Gasteiger partial charge in [0.1, 0.15) is 6.10 Å². The zero-order valence-electron chi connectivity index (χ0n) is 15.3. The normalized spacial score (nSPS) is 13.9. The summed E-state index contributed by atoms with van der Waals surface area (Å²) in [6.07, 6.45) is 2.76. The lowest BCUT2D eigenvalue weighted by molar-refractivity contribution is 0.0927. The Morgan fingerprint density at radius 1 is 1.07 bits per heavy atom. The maximum Gasteiger partial charge on any atom is 0.248 e. The summed E-state index contributed by atoms with van der Waals surface area (Å²) in [5.41, 5.74) is 7.30. The number of hydrogen-bond acceptors (Lipinski definition) is 5. The molecule has 0 spiro atoms. The largest absolute Gasteiger partial charge is 0.489 e. The number of nitrogens with two attached hydrogens (primary N) is 1. The number of amides is 1. The highest BCUT2D eigenvalue weighted by Crippen LogP contribution is 2.37. The average molecular weight is 392 g/mol. The topological polar surface area (TPSA) is 91.5 Å². The number of halogens is 1. The van der Waals surface area contributed by atoms with Gasteiger partial charge in [-0.1, -0.05) is 12.1 Å². The second kappa shape index (κ2) is 7.71. The first kappa shape index (κ1) is 18.6.